The fraction of sp³-hybridized carbons (Fsp3) is 0.222. The van der Waals surface area contributed by atoms with E-state index in [2.05, 4.69) is 26.5 Å². The summed E-state index contributed by atoms with van der Waals surface area (Å²) in [6.07, 6.45) is 1.48. The highest BCUT2D eigenvalue weighted by atomic mass is 79.9. The van der Waals surface area contributed by atoms with E-state index in [1.54, 1.807) is 42.5 Å². The summed E-state index contributed by atoms with van der Waals surface area (Å²) >= 11 is 3.34. The van der Waals surface area contributed by atoms with Gasteiger partial charge < -0.3 is 14.2 Å². The minimum Gasteiger partial charge on any atom is -0.490 e. The van der Waals surface area contributed by atoms with Crippen LogP contribution in [0.25, 0.3) is 0 Å². The summed E-state index contributed by atoms with van der Waals surface area (Å²) in [5, 5.41) is 3.99. The van der Waals surface area contributed by atoms with E-state index >= 15 is 0 Å². The summed E-state index contributed by atoms with van der Waals surface area (Å²) in [6.45, 7) is 7.96. The van der Waals surface area contributed by atoms with Gasteiger partial charge in [-0.3, -0.25) is 4.79 Å². The number of hydrogen-bond donors (Lipinski definition) is 1. The third-order valence-corrected chi connectivity index (χ3v) is 5.70. The number of amides is 1. The molecule has 182 valence electrons. The fourth-order valence-corrected chi connectivity index (χ4v) is 3.46. The standard InChI is InChI=1S/C27H27BrN2O5/c1-5-33-24-14-20(8-13-23(24)35-27(32)21-9-11-22(28)12-10-21)15-29-30-25(31)16-34-26-18(3)7-6-17(2)19(26)4/h6-15H,5,16H2,1-4H3,(H,30,31)/b29-15-. The molecule has 1 N–H and O–H groups in total. The molecule has 3 rings (SSSR count). The minimum absolute atomic E-state index is 0.155. The van der Waals surface area contributed by atoms with Crippen molar-refractivity contribution in [2.45, 2.75) is 27.7 Å². The van der Waals surface area contributed by atoms with E-state index in [-0.39, 0.29) is 12.5 Å². The number of halogens is 1. The van der Waals surface area contributed by atoms with Crippen LogP contribution in [0.2, 0.25) is 0 Å². The molecule has 0 spiro atoms. The van der Waals surface area contributed by atoms with E-state index in [9.17, 15) is 9.59 Å². The first-order valence-electron chi connectivity index (χ1n) is 11.0. The molecule has 0 aliphatic heterocycles. The number of nitrogens with zero attached hydrogens (tertiary/aromatic N) is 1. The Bertz CT molecular complexity index is 1240. The molecule has 3 aromatic rings. The largest absolute Gasteiger partial charge is 0.490 e. The molecular formula is C27H27BrN2O5. The molecule has 0 saturated heterocycles. The van der Waals surface area contributed by atoms with Crippen molar-refractivity contribution < 1.29 is 23.8 Å². The van der Waals surface area contributed by atoms with Gasteiger partial charge in [0.1, 0.15) is 5.75 Å². The average molecular weight is 539 g/mol. The van der Waals surface area contributed by atoms with Gasteiger partial charge in [0.05, 0.1) is 18.4 Å². The number of benzene rings is 3. The molecule has 0 atom stereocenters. The van der Waals surface area contributed by atoms with Crippen molar-refractivity contribution in [3.8, 4) is 17.2 Å². The molecule has 0 radical (unpaired) electrons. The third-order valence-electron chi connectivity index (χ3n) is 5.17. The van der Waals surface area contributed by atoms with Crippen molar-refractivity contribution in [3.05, 3.63) is 86.9 Å². The topological polar surface area (TPSA) is 86.2 Å². The van der Waals surface area contributed by atoms with E-state index in [4.69, 9.17) is 14.2 Å². The molecule has 0 saturated carbocycles. The quantitative estimate of drug-likeness (QED) is 0.168. The van der Waals surface area contributed by atoms with Crippen LogP contribution in [0.1, 0.15) is 39.5 Å². The lowest BCUT2D eigenvalue weighted by Crippen LogP contribution is -2.25. The molecule has 0 bridgehead atoms. The van der Waals surface area contributed by atoms with Gasteiger partial charge in [-0.25, -0.2) is 10.2 Å². The number of carbonyl (C=O) groups is 2. The van der Waals surface area contributed by atoms with E-state index in [0.29, 0.717) is 35.0 Å². The summed E-state index contributed by atoms with van der Waals surface area (Å²) < 4.78 is 17.7. The van der Waals surface area contributed by atoms with Crippen molar-refractivity contribution in [1.82, 2.24) is 5.43 Å². The summed E-state index contributed by atoms with van der Waals surface area (Å²) in [4.78, 5) is 24.6. The number of esters is 1. The molecular weight excluding hydrogens is 512 g/mol. The molecule has 35 heavy (non-hydrogen) atoms. The minimum atomic E-state index is -0.494. The van der Waals surface area contributed by atoms with Gasteiger partial charge in [-0.2, -0.15) is 5.10 Å². The second-order valence-corrected chi connectivity index (χ2v) is 8.69. The summed E-state index contributed by atoms with van der Waals surface area (Å²) in [5.41, 5.74) is 6.60. The lowest BCUT2D eigenvalue weighted by atomic mass is 10.1. The van der Waals surface area contributed by atoms with Gasteiger partial charge in [-0.05, 0) is 92.4 Å². The Kier molecular flexibility index (Phi) is 9.03. The Morgan fingerprint density at radius 1 is 0.943 bits per heavy atom. The van der Waals surface area contributed by atoms with Gasteiger partial charge in [-0.15, -0.1) is 0 Å². The van der Waals surface area contributed by atoms with Crippen molar-refractivity contribution in [2.75, 3.05) is 13.2 Å². The van der Waals surface area contributed by atoms with Crippen LogP contribution in [0.15, 0.2) is 64.2 Å². The molecule has 0 aromatic heterocycles. The SMILES string of the molecule is CCOc1cc(/C=N\NC(=O)COc2c(C)ccc(C)c2C)ccc1OC(=O)c1ccc(Br)cc1. The zero-order valence-corrected chi connectivity index (χ0v) is 21.6. The Labute approximate surface area is 213 Å². The van der Waals surface area contributed by atoms with Crippen LogP contribution in [-0.2, 0) is 4.79 Å². The van der Waals surface area contributed by atoms with Crippen LogP contribution in [0.4, 0.5) is 0 Å². The van der Waals surface area contributed by atoms with Gasteiger partial charge in [0.25, 0.3) is 5.91 Å². The number of hydrogen-bond acceptors (Lipinski definition) is 6. The summed E-state index contributed by atoms with van der Waals surface area (Å²) in [7, 11) is 0. The van der Waals surface area contributed by atoms with E-state index < -0.39 is 5.97 Å². The van der Waals surface area contributed by atoms with E-state index in [1.807, 2.05) is 39.8 Å². The predicted molar refractivity (Wildman–Crippen MR) is 139 cm³/mol. The number of hydrazone groups is 1. The monoisotopic (exact) mass is 538 g/mol. The summed E-state index contributed by atoms with van der Waals surface area (Å²) in [6, 6.07) is 15.9. The van der Waals surface area contributed by atoms with Gasteiger partial charge in [-0.1, -0.05) is 28.1 Å². The zero-order valence-electron chi connectivity index (χ0n) is 20.1. The van der Waals surface area contributed by atoms with Gasteiger partial charge in [0, 0.05) is 4.47 Å². The first kappa shape index (κ1) is 26.0. The number of nitrogens with one attached hydrogen (secondary N) is 1. The molecule has 3 aromatic carbocycles. The number of carbonyl (C=O) groups excluding carboxylic acids is 2. The smallest absolute Gasteiger partial charge is 0.343 e. The van der Waals surface area contributed by atoms with Crippen LogP contribution < -0.4 is 19.6 Å². The van der Waals surface area contributed by atoms with E-state index in [1.165, 1.54) is 6.21 Å². The van der Waals surface area contributed by atoms with Gasteiger partial charge in [0.2, 0.25) is 0 Å². The number of ether oxygens (including phenoxy) is 3. The molecule has 1 amide bonds. The molecule has 0 fully saturated rings. The maximum atomic E-state index is 12.5. The average Bonchev–Trinajstić information content (AvgIpc) is 2.83. The molecule has 0 unspecified atom stereocenters. The molecule has 0 heterocycles. The second kappa shape index (κ2) is 12.2. The fourth-order valence-electron chi connectivity index (χ4n) is 3.20. The normalized spacial score (nSPS) is 10.8. The lowest BCUT2D eigenvalue weighted by Gasteiger charge is -2.13. The van der Waals surface area contributed by atoms with Crippen LogP contribution in [0.3, 0.4) is 0 Å². The molecule has 0 aliphatic carbocycles. The maximum Gasteiger partial charge on any atom is 0.343 e. The number of rotatable bonds is 9. The Morgan fingerprint density at radius 2 is 1.66 bits per heavy atom. The van der Waals surface area contributed by atoms with Crippen molar-refractivity contribution >= 4 is 34.0 Å². The van der Waals surface area contributed by atoms with E-state index in [0.717, 1.165) is 21.2 Å². The molecule has 7 nitrogen and oxygen atoms in total. The highest BCUT2D eigenvalue weighted by molar-refractivity contribution is 9.10. The maximum absolute atomic E-state index is 12.5. The summed E-state index contributed by atoms with van der Waals surface area (Å²) in [5.74, 6) is 0.511. The first-order chi connectivity index (χ1) is 16.8. The number of aryl methyl sites for hydroxylation is 2. The van der Waals surface area contributed by atoms with Crippen molar-refractivity contribution in [3.63, 3.8) is 0 Å². The third kappa shape index (κ3) is 7.16. The van der Waals surface area contributed by atoms with Crippen molar-refractivity contribution in [2.24, 2.45) is 5.10 Å². The predicted octanol–water partition coefficient (Wildman–Crippen LogP) is 5.52. The van der Waals surface area contributed by atoms with Crippen LogP contribution in [0.5, 0.6) is 17.2 Å². The Hall–Kier alpha value is -3.65. The van der Waals surface area contributed by atoms with Crippen LogP contribution in [0, 0.1) is 20.8 Å². The van der Waals surface area contributed by atoms with Gasteiger partial charge in [0.15, 0.2) is 18.1 Å². The Balaban J connectivity index is 1.61. The molecule has 0 aliphatic rings. The Morgan fingerprint density at radius 3 is 2.37 bits per heavy atom. The zero-order chi connectivity index (χ0) is 25.4. The van der Waals surface area contributed by atoms with Gasteiger partial charge >= 0.3 is 5.97 Å². The van der Waals surface area contributed by atoms with Crippen LogP contribution >= 0.6 is 15.9 Å². The van der Waals surface area contributed by atoms with Crippen molar-refractivity contribution in [1.29, 1.82) is 0 Å². The highest BCUT2D eigenvalue weighted by Gasteiger charge is 2.13. The molecule has 8 heteroatoms. The second-order valence-electron chi connectivity index (χ2n) is 7.77. The lowest BCUT2D eigenvalue weighted by molar-refractivity contribution is -0.123. The first-order valence-corrected chi connectivity index (χ1v) is 11.8. The highest BCUT2D eigenvalue weighted by Crippen LogP contribution is 2.29. The van der Waals surface area contributed by atoms with Crippen LogP contribution in [-0.4, -0.2) is 31.3 Å².